The van der Waals surface area contributed by atoms with Crippen LogP contribution in [0.3, 0.4) is 0 Å². The van der Waals surface area contributed by atoms with Crippen molar-refractivity contribution >= 4 is 35.6 Å². The van der Waals surface area contributed by atoms with Crippen molar-refractivity contribution in [2.75, 3.05) is 6.61 Å². The average molecular weight is 922 g/mol. The maximum atomic E-state index is 15.6. The molecule has 2 bridgehead atoms. The standard InChI is InChI=1S/C52H59NO14/c1-29-35(65-46(60)40(57)39(32-18-10-7-11-19-32)53-47(61)50(24-16-17-25-50)34-22-14-9-15-23-34)27-52(62)44(66-45(59)33-20-12-8-13-21-33)42-49(6,36(56)26-37-51(42,28-63-37)67-31(3)55)43(58)41(64-30(2)54)38(29)48(52,4)5/h7-15,18-23,35-37,39-42,44,56-57,62H,16-17,24-28H2,1-6H3,(H,53,61)/t35?,36-,37+,39-,40+,41+,42-,44-,49+,51-,52+/m0/s1. The van der Waals surface area contributed by atoms with Crippen LogP contribution in [0.4, 0.5) is 0 Å². The van der Waals surface area contributed by atoms with E-state index >= 15 is 4.79 Å². The maximum absolute atomic E-state index is 15.6. The van der Waals surface area contributed by atoms with E-state index in [2.05, 4.69) is 5.32 Å². The van der Waals surface area contributed by atoms with Crippen LogP contribution in [0.5, 0.6) is 0 Å². The van der Waals surface area contributed by atoms with Crippen molar-refractivity contribution in [3.05, 3.63) is 119 Å². The fourth-order valence-corrected chi connectivity index (χ4v) is 12.0. The summed E-state index contributed by atoms with van der Waals surface area (Å²) in [6.07, 6.45) is -7.80. The second-order valence-electron chi connectivity index (χ2n) is 19.6. The summed E-state index contributed by atoms with van der Waals surface area (Å²) < 4.78 is 30.6. The van der Waals surface area contributed by atoms with Crippen LogP contribution >= 0.6 is 0 Å². The fraction of sp³-hybridized carbons (Fsp3) is 0.500. The van der Waals surface area contributed by atoms with Gasteiger partial charge in [0.1, 0.15) is 23.9 Å². The maximum Gasteiger partial charge on any atom is 0.338 e. The number of aliphatic hydroxyl groups is 3. The molecule has 1 heterocycles. The first kappa shape index (κ1) is 47.7. The Bertz CT molecular complexity index is 2450. The van der Waals surface area contributed by atoms with Crippen LogP contribution in [0.2, 0.25) is 0 Å². The van der Waals surface area contributed by atoms with Crippen LogP contribution in [0, 0.1) is 16.7 Å². The van der Waals surface area contributed by atoms with Crippen molar-refractivity contribution in [2.45, 2.75) is 139 Å². The molecule has 1 amide bonds. The van der Waals surface area contributed by atoms with Gasteiger partial charge in [-0.25, -0.2) is 9.59 Å². The van der Waals surface area contributed by atoms with Crippen LogP contribution < -0.4 is 5.32 Å². The number of esters is 4. The lowest BCUT2D eigenvalue weighted by Gasteiger charge is -2.67. The molecule has 1 aliphatic heterocycles. The van der Waals surface area contributed by atoms with Gasteiger partial charge in [-0.15, -0.1) is 0 Å². The Labute approximate surface area is 389 Å². The SMILES string of the molecule is CC(=O)O[C@H]1C(=O)[C@@]2(C)[C@H]([C@H](OC(=O)c3ccccc3)[C@]3(O)CC(OC(=O)[C@H](O)[C@@H](NC(=O)C4(c5ccccc5)CCCC4)c4ccccc4)C(C)=C1C3(C)C)[C@]1(OC(C)=O)CO[C@@H]1C[C@@H]2O. The summed E-state index contributed by atoms with van der Waals surface area (Å²) in [4.78, 5) is 85.3. The van der Waals surface area contributed by atoms with Gasteiger partial charge < -0.3 is 44.3 Å². The Kier molecular flexibility index (Phi) is 12.6. The van der Waals surface area contributed by atoms with Crippen LogP contribution in [-0.4, -0.2) is 105 Å². The third-order valence-electron chi connectivity index (χ3n) is 15.7. The minimum atomic E-state index is -2.39. The van der Waals surface area contributed by atoms with Crippen LogP contribution in [-0.2, 0) is 53.1 Å². The Morgan fingerprint density at radius 2 is 1.42 bits per heavy atom. The zero-order valence-corrected chi connectivity index (χ0v) is 38.6. The van der Waals surface area contributed by atoms with Crippen molar-refractivity contribution in [1.29, 1.82) is 0 Å². The molecule has 1 saturated heterocycles. The molecule has 0 spiro atoms. The van der Waals surface area contributed by atoms with Gasteiger partial charge in [0, 0.05) is 32.1 Å². The van der Waals surface area contributed by atoms with Crippen LogP contribution in [0.25, 0.3) is 0 Å². The van der Waals surface area contributed by atoms with Crippen molar-refractivity contribution in [3.63, 3.8) is 0 Å². The molecular weight excluding hydrogens is 863 g/mol. The monoisotopic (exact) mass is 921 g/mol. The molecule has 15 heteroatoms. The van der Waals surface area contributed by atoms with E-state index in [9.17, 15) is 39.3 Å². The number of rotatable bonds is 11. The predicted molar refractivity (Wildman–Crippen MR) is 239 cm³/mol. The first-order chi connectivity index (χ1) is 31.7. The third-order valence-corrected chi connectivity index (χ3v) is 15.7. The summed E-state index contributed by atoms with van der Waals surface area (Å²) in [7, 11) is 0. The van der Waals surface area contributed by atoms with Crippen LogP contribution in [0.1, 0.15) is 108 Å². The zero-order chi connectivity index (χ0) is 48.3. The lowest BCUT2D eigenvalue weighted by atomic mass is 9.44. The number of ketones is 1. The summed E-state index contributed by atoms with van der Waals surface area (Å²) in [5.74, 6) is -6.57. The summed E-state index contributed by atoms with van der Waals surface area (Å²) in [5, 5.41) is 41.1. The number of Topliss-reactive ketones (excluding diaryl/α,β-unsaturated/α-hetero) is 1. The van der Waals surface area contributed by atoms with Gasteiger partial charge in [-0.05, 0) is 61.1 Å². The molecule has 4 fully saturated rings. The number of amides is 1. The smallest absolute Gasteiger partial charge is 0.338 e. The van der Waals surface area contributed by atoms with Gasteiger partial charge in [0.25, 0.3) is 0 Å². The molecule has 11 atom stereocenters. The number of carbonyl (C=O) groups is 6. The van der Waals surface area contributed by atoms with E-state index in [1.807, 2.05) is 30.3 Å². The van der Waals surface area contributed by atoms with Gasteiger partial charge in [-0.1, -0.05) is 106 Å². The Morgan fingerprint density at radius 3 is 1.99 bits per heavy atom. The summed E-state index contributed by atoms with van der Waals surface area (Å²) in [5.41, 5.74) is -7.33. The first-order valence-corrected chi connectivity index (χ1v) is 22.9. The second-order valence-corrected chi connectivity index (χ2v) is 19.6. The number of aliphatic hydroxyl groups excluding tert-OH is 2. The van der Waals surface area contributed by atoms with E-state index in [1.54, 1.807) is 69.3 Å². The highest BCUT2D eigenvalue weighted by atomic mass is 16.6. The highest BCUT2D eigenvalue weighted by Crippen LogP contribution is 2.64. The molecule has 3 saturated carbocycles. The molecule has 15 nitrogen and oxygen atoms in total. The van der Waals surface area contributed by atoms with Crippen molar-refractivity contribution in [1.82, 2.24) is 5.32 Å². The number of benzene rings is 3. The highest BCUT2D eigenvalue weighted by Gasteiger charge is 2.78. The number of nitrogens with one attached hydrogen (secondary N) is 1. The lowest BCUT2D eigenvalue weighted by Crippen LogP contribution is -2.82. The topological polar surface area (TPSA) is 221 Å². The van der Waals surface area contributed by atoms with E-state index in [0.29, 0.717) is 18.4 Å². The van der Waals surface area contributed by atoms with E-state index in [1.165, 1.54) is 19.1 Å². The first-order valence-electron chi connectivity index (χ1n) is 22.9. The molecule has 5 aliphatic rings. The summed E-state index contributed by atoms with van der Waals surface area (Å²) in [6.45, 7) is 8.06. The van der Waals surface area contributed by atoms with E-state index < -0.39 is 112 Å². The molecule has 3 aromatic rings. The van der Waals surface area contributed by atoms with Crippen molar-refractivity contribution < 1.29 is 67.8 Å². The fourth-order valence-electron chi connectivity index (χ4n) is 12.0. The molecule has 0 aromatic heterocycles. The Hall–Kier alpha value is -5.74. The quantitative estimate of drug-likeness (QED) is 0.114. The van der Waals surface area contributed by atoms with E-state index in [-0.39, 0.29) is 35.6 Å². The molecule has 4 aliphatic carbocycles. The Morgan fingerprint density at radius 1 is 0.821 bits per heavy atom. The third kappa shape index (κ3) is 7.77. The molecule has 356 valence electrons. The second kappa shape index (κ2) is 17.7. The van der Waals surface area contributed by atoms with Crippen molar-refractivity contribution in [2.24, 2.45) is 16.7 Å². The lowest BCUT2D eigenvalue weighted by molar-refractivity contribution is -0.346. The number of fused-ring (bicyclic) bond motifs is 5. The van der Waals surface area contributed by atoms with Gasteiger partial charge in [-0.3, -0.25) is 19.2 Å². The predicted octanol–water partition coefficient (Wildman–Crippen LogP) is 4.93. The van der Waals surface area contributed by atoms with Gasteiger partial charge >= 0.3 is 23.9 Å². The van der Waals surface area contributed by atoms with Gasteiger partial charge in [0.15, 0.2) is 23.6 Å². The number of ether oxygens (including phenoxy) is 5. The summed E-state index contributed by atoms with van der Waals surface area (Å²) in [6, 6.07) is 24.4. The molecule has 8 rings (SSSR count). The van der Waals surface area contributed by atoms with Crippen molar-refractivity contribution in [3.8, 4) is 0 Å². The van der Waals surface area contributed by atoms with Crippen LogP contribution in [0.15, 0.2) is 102 Å². The highest BCUT2D eigenvalue weighted by molar-refractivity contribution is 5.96. The molecular formula is C52H59NO14. The van der Waals surface area contributed by atoms with E-state index in [0.717, 1.165) is 32.3 Å². The molecule has 4 N–H and O–H groups in total. The number of hydrogen-bond acceptors (Lipinski definition) is 14. The average Bonchev–Trinajstić information content (AvgIpc) is 3.81. The Balaban J connectivity index is 1.25. The van der Waals surface area contributed by atoms with Gasteiger partial charge in [0.2, 0.25) is 5.91 Å². The molecule has 67 heavy (non-hydrogen) atoms. The normalized spacial score (nSPS) is 32.3. The number of hydrogen-bond donors (Lipinski definition) is 4. The minimum absolute atomic E-state index is 0.00819. The largest absolute Gasteiger partial charge is 0.456 e. The molecule has 1 unspecified atom stereocenters. The minimum Gasteiger partial charge on any atom is -0.456 e. The summed E-state index contributed by atoms with van der Waals surface area (Å²) >= 11 is 0. The zero-order valence-electron chi connectivity index (χ0n) is 38.6. The molecule has 0 radical (unpaired) electrons. The molecule has 3 aromatic carbocycles. The number of carbonyl (C=O) groups excluding carboxylic acids is 6. The van der Waals surface area contributed by atoms with Gasteiger partial charge in [0.05, 0.1) is 41.1 Å². The van der Waals surface area contributed by atoms with E-state index in [4.69, 9.17) is 23.7 Å². The van der Waals surface area contributed by atoms with Gasteiger partial charge in [-0.2, -0.15) is 0 Å².